The van der Waals surface area contributed by atoms with E-state index in [2.05, 4.69) is 42.8 Å². The van der Waals surface area contributed by atoms with Gasteiger partial charge in [-0.3, -0.25) is 4.68 Å². The number of hydrogen-bond acceptors (Lipinski definition) is 3. The lowest BCUT2D eigenvalue weighted by atomic mass is 9.74. The van der Waals surface area contributed by atoms with Crippen molar-refractivity contribution < 1.29 is 5.11 Å². The van der Waals surface area contributed by atoms with Crippen molar-refractivity contribution >= 4 is 5.69 Å². The first-order valence-corrected chi connectivity index (χ1v) is 7.89. The molecule has 1 fully saturated rings. The standard InChI is InChI=1S/C16H29N3O/c1-12(2)19-14(4)15(13(3)18-19)17-10-16(11-20)8-6-5-7-9-16/h12,17,20H,5-11H2,1-4H3. The van der Waals surface area contributed by atoms with E-state index in [0.717, 1.165) is 30.8 Å². The molecule has 0 aromatic carbocycles. The number of anilines is 1. The maximum atomic E-state index is 9.79. The minimum Gasteiger partial charge on any atom is -0.396 e. The van der Waals surface area contributed by atoms with Gasteiger partial charge in [0.05, 0.1) is 23.7 Å². The summed E-state index contributed by atoms with van der Waals surface area (Å²) < 4.78 is 2.07. The number of nitrogens with zero attached hydrogens (tertiary/aromatic N) is 2. The zero-order chi connectivity index (χ0) is 14.8. The third-order valence-corrected chi connectivity index (χ3v) is 4.70. The highest BCUT2D eigenvalue weighted by atomic mass is 16.3. The largest absolute Gasteiger partial charge is 0.396 e. The minimum absolute atomic E-state index is 0.0665. The lowest BCUT2D eigenvalue weighted by molar-refractivity contribution is 0.0944. The van der Waals surface area contributed by atoms with Gasteiger partial charge in [-0.15, -0.1) is 0 Å². The minimum atomic E-state index is 0.0665. The second-order valence-electron chi connectivity index (χ2n) is 6.66. The highest BCUT2D eigenvalue weighted by Crippen LogP contribution is 2.36. The van der Waals surface area contributed by atoms with E-state index in [1.807, 2.05) is 0 Å². The Morgan fingerprint density at radius 1 is 1.25 bits per heavy atom. The summed E-state index contributed by atoms with van der Waals surface area (Å²) in [5.41, 5.74) is 3.47. The van der Waals surface area contributed by atoms with Gasteiger partial charge < -0.3 is 10.4 Å². The Morgan fingerprint density at radius 3 is 2.40 bits per heavy atom. The van der Waals surface area contributed by atoms with Crippen LogP contribution in [0.1, 0.15) is 63.4 Å². The molecule has 4 nitrogen and oxygen atoms in total. The first kappa shape index (κ1) is 15.4. The topological polar surface area (TPSA) is 50.1 Å². The van der Waals surface area contributed by atoms with Gasteiger partial charge in [-0.25, -0.2) is 0 Å². The molecule has 0 spiro atoms. The molecule has 4 heteroatoms. The summed E-state index contributed by atoms with van der Waals surface area (Å²) in [4.78, 5) is 0. The van der Waals surface area contributed by atoms with Gasteiger partial charge in [-0.1, -0.05) is 19.3 Å². The number of rotatable bonds is 5. The van der Waals surface area contributed by atoms with Crippen LogP contribution in [-0.2, 0) is 0 Å². The first-order valence-electron chi connectivity index (χ1n) is 7.89. The Balaban J connectivity index is 2.10. The average molecular weight is 279 g/mol. The van der Waals surface area contributed by atoms with Crippen molar-refractivity contribution in [1.29, 1.82) is 0 Å². The van der Waals surface area contributed by atoms with Gasteiger partial charge in [-0.2, -0.15) is 5.10 Å². The number of aliphatic hydroxyl groups excluding tert-OH is 1. The zero-order valence-electron chi connectivity index (χ0n) is 13.4. The summed E-state index contributed by atoms with van der Waals surface area (Å²) in [7, 11) is 0. The number of aliphatic hydroxyl groups is 1. The Labute approximate surface area is 122 Å². The number of nitrogens with one attached hydrogen (secondary N) is 1. The molecule has 0 unspecified atom stereocenters. The molecule has 2 rings (SSSR count). The molecule has 0 radical (unpaired) electrons. The van der Waals surface area contributed by atoms with E-state index in [0.29, 0.717) is 6.04 Å². The second kappa shape index (κ2) is 6.17. The first-order chi connectivity index (χ1) is 9.49. The monoisotopic (exact) mass is 279 g/mol. The van der Waals surface area contributed by atoms with Crippen molar-refractivity contribution in [2.24, 2.45) is 5.41 Å². The van der Waals surface area contributed by atoms with Crippen molar-refractivity contribution in [3.63, 3.8) is 0 Å². The molecule has 0 saturated heterocycles. The predicted octanol–water partition coefficient (Wildman–Crippen LogP) is 3.44. The zero-order valence-corrected chi connectivity index (χ0v) is 13.4. The van der Waals surface area contributed by atoms with Crippen LogP contribution in [0.5, 0.6) is 0 Å². The van der Waals surface area contributed by atoms with Crippen LogP contribution in [-0.4, -0.2) is 28.0 Å². The van der Waals surface area contributed by atoms with Crippen molar-refractivity contribution in [3.8, 4) is 0 Å². The summed E-state index contributed by atoms with van der Waals surface area (Å²) >= 11 is 0. The summed E-state index contributed by atoms with van der Waals surface area (Å²) in [6.45, 7) is 9.63. The van der Waals surface area contributed by atoms with Crippen molar-refractivity contribution in [3.05, 3.63) is 11.4 Å². The number of hydrogen-bond donors (Lipinski definition) is 2. The fourth-order valence-corrected chi connectivity index (χ4v) is 3.39. The maximum Gasteiger partial charge on any atom is 0.0828 e. The van der Waals surface area contributed by atoms with Crippen molar-refractivity contribution in [1.82, 2.24) is 9.78 Å². The predicted molar refractivity (Wildman–Crippen MR) is 83.2 cm³/mol. The van der Waals surface area contributed by atoms with Crippen molar-refractivity contribution in [2.75, 3.05) is 18.5 Å². The van der Waals surface area contributed by atoms with E-state index in [9.17, 15) is 5.11 Å². The Bertz CT molecular complexity index is 445. The molecule has 20 heavy (non-hydrogen) atoms. The van der Waals surface area contributed by atoms with E-state index < -0.39 is 0 Å². The van der Waals surface area contributed by atoms with Crippen LogP contribution in [0.3, 0.4) is 0 Å². The molecule has 1 aromatic rings. The Hall–Kier alpha value is -1.03. The molecular weight excluding hydrogens is 250 g/mol. The van der Waals surface area contributed by atoms with Crippen LogP contribution in [0, 0.1) is 19.3 Å². The van der Waals surface area contributed by atoms with Gasteiger partial charge in [0.2, 0.25) is 0 Å². The highest BCUT2D eigenvalue weighted by Gasteiger charge is 2.31. The quantitative estimate of drug-likeness (QED) is 0.868. The molecule has 1 heterocycles. The van der Waals surface area contributed by atoms with Crippen LogP contribution < -0.4 is 5.32 Å². The molecule has 0 atom stereocenters. The summed E-state index contributed by atoms with van der Waals surface area (Å²) in [6.07, 6.45) is 6.06. The van der Waals surface area contributed by atoms with E-state index in [1.165, 1.54) is 25.0 Å². The van der Waals surface area contributed by atoms with Gasteiger partial charge in [0.15, 0.2) is 0 Å². The lowest BCUT2D eigenvalue weighted by Crippen LogP contribution is -2.35. The van der Waals surface area contributed by atoms with Crippen LogP contribution in [0.2, 0.25) is 0 Å². The molecule has 1 aromatic heterocycles. The Kier molecular flexibility index (Phi) is 4.74. The van der Waals surface area contributed by atoms with Crippen LogP contribution in [0.25, 0.3) is 0 Å². The van der Waals surface area contributed by atoms with Gasteiger partial charge in [0.25, 0.3) is 0 Å². The number of aryl methyl sites for hydroxylation is 1. The SMILES string of the molecule is Cc1nn(C(C)C)c(C)c1NCC1(CO)CCCCC1. The number of aromatic nitrogens is 2. The van der Waals surface area contributed by atoms with Crippen LogP contribution in [0.4, 0.5) is 5.69 Å². The van der Waals surface area contributed by atoms with Gasteiger partial charge in [0.1, 0.15) is 0 Å². The molecule has 2 N–H and O–H groups in total. The third-order valence-electron chi connectivity index (χ3n) is 4.70. The molecular formula is C16H29N3O. The van der Waals surface area contributed by atoms with Gasteiger partial charge in [-0.05, 0) is 40.5 Å². The second-order valence-corrected chi connectivity index (χ2v) is 6.66. The summed E-state index contributed by atoms with van der Waals surface area (Å²) in [5.74, 6) is 0. The van der Waals surface area contributed by atoms with Crippen LogP contribution >= 0.6 is 0 Å². The normalized spacial score (nSPS) is 18.5. The molecule has 0 bridgehead atoms. The highest BCUT2D eigenvalue weighted by molar-refractivity contribution is 5.52. The Morgan fingerprint density at radius 2 is 1.90 bits per heavy atom. The van der Waals surface area contributed by atoms with Gasteiger partial charge >= 0.3 is 0 Å². The fraction of sp³-hybridized carbons (Fsp3) is 0.812. The molecule has 0 amide bonds. The molecule has 0 aliphatic heterocycles. The van der Waals surface area contributed by atoms with E-state index >= 15 is 0 Å². The lowest BCUT2D eigenvalue weighted by Gasteiger charge is -2.36. The van der Waals surface area contributed by atoms with E-state index in [-0.39, 0.29) is 12.0 Å². The third kappa shape index (κ3) is 3.00. The van der Waals surface area contributed by atoms with Gasteiger partial charge in [0, 0.05) is 18.0 Å². The molecule has 114 valence electrons. The van der Waals surface area contributed by atoms with Crippen molar-refractivity contribution in [2.45, 2.75) is 65.8 Å². The summed E-state index contributed by atoms with van der Waals surface area (Å²) in [5, 5.41) is 18.0. The summed E-state index contributed by atoms with van der Waals surface area (Å²) in [6, 6.07) is 0.380. The maximum absolute atomic E-state index is 9.79. The van der Waals surface area contributed by atoms with Crippen LogP contribution in [0.15, 0.2) is 0 Å². The average Bonchev–Trinajstić information content (AvgIpc) is 2.73. The molecule has 1 aliphatic carbocycles. The van der Waals surface area contributed by atoms with E-state index in [1.54, 1.807) is 0 Å². The molecule has 1 saturated carbocycles. The fourth-order valence-electron chi connectivity index (χ4n) is 3.39. The van der Waals surface area contributed by atoms with E-state index in [4.69, 9.17) is 0 Å². The molecule has 1 aliphatic rings. The smallest absolute Gasteiger partial charge is 0.0828 e.